The number of carbonyl (C=O) groups excluding carboxylic acids is 1. The molecule has 0 radical (unpaired) electrons. The second-order valence-electron chi connectivity index (χ2n) is 7.02. The summed E-state index contributed by atoms with van der Waals surface area (Å²) in [6, 6.07) is 11.1. The van der Waals surface area contributed by atoms with Gasteiger partial charge in [0.15, 0.2) is 11.4 Å². The second kappa shape index (κ2) is 10.2. The van der Waals surface area contributed by atoms with Crippen molar-refractivity contribution in [2.24, 2.45) is 0 Å². The van der Waals surface area contributed by atoms with Gasteiger partial charge in [-0.2, -0.15) is 0 Å². The number of methoxy groups -OCH3 is 2. The minimum Gasteiger partial charge on any atom is -0.491 e. The summed E-state index contributed by atoms with van der Waals surface area (Å²) in [6.45, 7) is 0.0700. The van der Waals surface area contributed by atoms with Crippen molar-refractivity contribution in [3.63, 3.8) is 0 Å². The molecular weight excluding hydrogens is 461 g/mol. The van der Waals surface area contributed by atoms with E-state index in [0.717, 1.165) is 0 Å². The number of nitrogens with one attached hydrogen (secondary N) is 1. The van der Waals surface area contributed by atoms with Gasteiger partial charge in [-0.15, -0.1) is 0 Å². The minimum atomic E-state index is -0.556. The van der Waals surface area contributed by atoms with E-state index in [1.807, 2.05) is 0 Å². The van der Waals surface area contributed by atoms with Crippen LogP contribution in [0.1, 0.15) is 16.2 Å². The van der Waals surface area contributed by atoms with E-state index in [1.165, 1.54) is 38.7 Å². The molecule has 1 N–H and O–H groups in total. The number of halogens is 2. The third kappa shape index (κ3) is 4.94. The second-order valence-corrected chi connectivity index (χ2v) is 7.46. The molecule has 8 nitrogen and oxygen atoms in total. The van der Waals surface area contributed by atoms with Crippen LogP contribution in [0.25, 0.3) is 22.5 Å². The van der Waals surface area contributed by atoms with Crippen LogP contribution in [-0.2, 0) is 6.54 Å². The standard InChI is InChI=1S/C24H19ClFN5O3/c1-33-20-8-7-16(30-24(20)34-2)12-29-23(32)22-21(17-5-3-4-6-18(17)26)28-13-19(31-22)14-9-15(25)11-27-10-14/h3-11,13H,12H2,1-2H3,(H,29,32). The molecule has 0 saturated carbocycles. The molecule has 3 aromatic heterocycles. The van der Waals surface area contributed by atoms with Gasteiger partial charge in [-0.05, 0) is 30.3 Å². The molecule has 34 heavy (non-hydrogen) atoms. The lowest BCUT2D eigenvalue weighted by atomic mass is 10.1. The van der Waals surface area contributed by atoms with Crippen molar-refractivity contribution in [3.05, 3.63) is 83.3 Å². The number of ether oxygens (including phenoxy) is 2. The summed E-state index contributed by atoms with van der Waals surface area (Å²) in [6.07, 6.45) is 4.48. The fourth-order valence-corrected chi connectivity index (χ4v) is 3.38. The van der Waals surface area contributed by atoms with Crippen molar-refractivity contribution >= 4 is 17.5 Å². The molecule has 4 rings (SSSR count). The van der Waals surface area contributed by atoms with Gasteiger partial charge in [-0.25, -0.2) is 14.4 Å². The molecule has 0 unspecified atom stereocenters. The fraction of sp³-hybridized carbons (Fsp3) is 0.125. The predicted molar refractivity (Wildman–Crippen MR) is 124 cm³/mol. The van der Waals surface area contributed by atoms with Crippen molar-refractivity contribution in [1.82, 2.24) is 25.3 Å². The summed E-state index contributed by atoms with van der Waals surface area (Å²) < 4.78 is 24.9. The Kier molecular flexibility index (Phi) is 6.93. The van der Waals surface area contributed by atoms with Gasteiger partial charge in [0.25, 0.3) is 11.8 Å². The first kappa shape index (κ1) is 23.1. The topological polar surface area (TPSA) is 99.1 Å². The number of benzene rings is 1. The average Bonchev–Trinajstić information content (AvgIpc) is 2.87. The number of amides is 1. The Labute approximate surface area is 199 Å². The van der Waals surface area contributed by atoms with Crippen LogP contribution >= 0.6 is 11.6 Å². The lowest BCUT2D eigenvalue weighted by molar-refractivity contribution is 0.0945. The molecular formula is C24H19ClFN5O3. The molecule has 0 aliphatic carbocycles. The molecule has 0 fully saturated rings. The number of nitrogens with zero attached hydrogens (tertiary/aromatic N) is 4. The molecule has 10 heteroatoms. The number of carbonyl (C=O) groups is 1. The van der Waals surface area contributed by atoms with Crippen LogP contribution < -0.4 is 14.8 Å². The summed E-state index contributed by atoms with van der Waals surface area (Å²) >= 11 is 6.04. The van der Waals surface area contributed by atoms with Crippen LogP contribution in [0.5, 0.6) is 11.6 Å². The largest absolute Gasteiger partial charge is 0.491 e. The van der Waals surface area contributed by atoms with E-state index in [4.69, 9.17) is 21.1 Å². The van der Waals surface area contributed by atoms with Gasteiger partial charge in [-0.1, -0.05) is 23.7 Å². The average molecular weight is 480 g/mol. The van der Waals surface area contributed by atoms with Crippen LogP contribution in [0.3, 0.4) is 0 Å². The van der Waals surface area contributed by atoms with Crippen molar-refractivity contribution in [1.29, 1.82) is 0 Å². The number of hydrogen-bond donors (Lipinski definition) is 1. The molecule has 0 aliphatic heterocycles. The Morgan fingerprint density at radius 1 is 1.06 bits per heavy atom. The maximum absolute atomic E-state index is 14.5. The molecule has 0 aliphatic rings. The minimum absolute atomic E-state index is 0.0527. The van der Waals surface area contributed by atoms with E-state index < -0.39 is 11.7 Å². The van der Waals surface area contributed by atoms with Crippen LogP contribution in [0.2, 0.25) is 5.02 Å². The highest BCUT2D eigenvalue weighted by Crippen LogP contribution is 2.27. The molecule has 1 aromatic carbocycles. The first-order chi connectivity index (χ1) is 16.5. The van der Waals surface area contributed by atoms with E-state index >= 15 is 0 Å². The smallest absolute Gasteiger partial charge is 0.272 e. The van der Waals surface area contributed by atoms with Gasteiger partial charge in [0, 0.05) is 23.5 Å². The molecule has 3 heterocycles. The lowest BCUT2D eigenvalue weighted by Crippen LogP contribution is -2.25. The van der Waals surface area contributed by atoms with Gasteiger partial charge in [0.05, 0.1) is 43.4 Å². The zero-order chi connectivity index (χ0) is 24.1. The van der Waals surface area contributed by atoms with E-state index in [2.05, 4.69) is 25.3 Å². The zero-order valence-corrected chi connectivity index (χ0v) is 19.0. The number of hydrogen-bond acceptors (Lipinski definition) is 7. The van der Waals surface area contributed by atoms with Crippen molar-refractivity contribution in [2.45, 2.75) is 6.54 Å². The molecule has 0 atom stereocenters. The molecule has 1 amide bonds. The van der Waals surface area contributed by atoms with Gasteiger partial charge < -0.3 is 14.8 Å². The van der Waals surface area contributed by atoms with E-state index in [0.29, 0.717) is 27.7 Å². The number of aromatic nitrogens is 4. The summed E-state index contributed by atoms with van der Waals surface area (Å²) in [5, 5.41) is 3.16. The Hall–Kier alpha value is -4.11. The Balaban J connectivity index is 1.69. The Morgan fingerprint density at radius 3 is 2.62 bits per heavy atom. The van der Waals surface area contributed by atoms with Crippen LogP contribution in [0, 0.1) is 5.82 Å². The normalized spacial score (nSPS) is 10.6. The van der Waals surface area contributed by atoms with Gasteiger partial charge in [0.1, 0.15) is 11.5 Å². The van der Waals surface area contributed by atoms with E-state index in [-0.39, 0.29) is 29.4 Å². The summed E-state index contributed by atoms with van der Waals surface area (Å²) in [5.41, 5.74) is 1.67. The molecule has 0 spiro atoms. The Bertz CT molecular complexity index is 1350. The fourth-order valence-electron chi connectivity index (χ4n) is 3.21. The molecule has 0 saturated heterocycles. The highest BCUT2D eigenvalue weighted by Gasteiger charge is 2.20. The van der Waals surface area contributed by atoms with Crippen LogP contribution in [-0.4, -0.2) is 40.1 Å². The molecule has 4 aromatic rings. The molecule has 0 bridgehead atoms. The summed E-state index contributed by atoms with van der Waals surface area (Å²) in [5.74, 6) is -0.326. The molecule has 172 valence electrons. The van der Waals surface area contributed by atoms with Crippen molar-refractivity contribution in [2.75, 3.05) is 14.2 Å². The first-order valence-electron chi connectivity index (χ1n) is 10.1. The number of rotatable bonds is 7. The van der Waals surface area contributed by atoms with Crippen LogP contribution in [0.15, 0.2) is 61.1 Å². The van der Waals surface area contributed by atoms with E-state index in [9.17, 15) is 9.18 Å². The summed E-state index contributed by atoms with van der Waals surface area (Å²) in [7, 11) is 2.98. The third-order valence-corrected chi connectivity index (χ3v) is 5.05. The Morgan fingerprint density at radius 2 is 1.88 bits per heavy atom. The van der Waals surface area contributed by atoms with Gasteiger partial charge >= 0.3 is 0 Å². The summed E-state index contributed by atoms with van der Waals surface area (Å²) in [4.78, 5) is 30.4. The SMILES string of the molecule is COc1ccc(CNC(=O)c2nc(-c3cncc(Cl)c3)cnc2-c2ccccc2F)nc1OC. The maximum atomic E-state index is 14.5. The predicted octanol–water partition coefficient (Wildman–Crippen LogP) is 4.34. The number of pyridine rings is 2. The van der Waals surface area contributed by atoms with E-state index in [1.54, 1.807) is 36.5 Å². The monoisotopic (exact) mass is 479 g/mol. The van der Waals surface area contributed by atoms with Gasteiger partial charge in [0.2, 0.25) is 0 Å². The van der Waals surface area contributed by atoms with Crippen molar-refractivity contribution in [3.8, 4) is 34.1 Å². The lowest BCUT2D eigenvalue weighted by Gasteiger charge is -2.12. The highest BCUT2D eigenvalue weighted by atomic mass is 35.5. The van der Waals surface area contributed by atoms with Gasteiger partial charge in [-0.3, -0.25) is 14.8 Å². The zero-order valence-electron chi connectivity index (χ0n) is 18.3. The highest BCUT2D eigenvalue weighted by molar-refractivity contribution is 6.30. The first-order valence-corrected chi connectivity index (χ1v) is 10.5. The third-order valence-electron chi connectivity index (χ3n) is 4.84. The quantitative estimate of drug-likeness (QED) is 0.421. The van der Waals surface area contributed by atoms with Crippen LogP contribution in [0.4, 0.5) is 4.39 Å². The maximum Gasteiger partial charge on any atom is 0.272 e. The van der Waals surface area contributed by atoms with Crippen molar-refractivity contribution < 1.29 is 18.7 Å².